The van der Waals surface area contributed by atoms with E-state index in [1.54, 1.807) is 24.3 Å². The van der Waals surface area contributed by atoms with Crippen LogP contribution in [0.3, 0.4) is 0 Å². The van der Waals surface area contributed by atoms with E-state index in [-0.39, 0.29) is 5.56 Å². The second-order valence-electron chi connectivity index (χ2n) is 5.57. The number of para-hydroxylation sites is 1. The molecule has 4 nitrogen and oxygen atoms in total. The van der Waals surface area contributed by atoms with Crippen LogP contribution >= 0.6 is 0 Å². The number of rotatable bonds is 8. The monoisotopic (exact) mass is 291 g/mol. The first-order chi connectivity index (χ1) is 10.2. The Hall–Kier alpha value is -1.55. The molecule has 1 N–H and O–H groups in total. The molecule has 0 atom stereocenters. The molecule has 0 unspecified atom stereocenters. The SMILES string of the molecule is CCN(CCCOc1ccccc1C(=O)O)C1CCCC1. The number of carboxylic acid groups (broad SMARTS) is 1. The fourth-order valence-electron chi connectivity index (χ4n) is 3.09. The van der Waals surface area contributed by atoms with Gasteiger partial charge in [0, 0.05) is 12.6 Å². The minimum atomic E-state index is -0.938. The summed E-state index contributed by atoms with van der Waals surface area (Å²) in [5.74, 6) is -0.472. The number of aromatic carboxylic acids is 1. The highest BCUT2D eigenvalue weighted by Gasteiger charge is 2.20. The second-order valence-corrected chi connectivity index (χ2v) is 5.57. The molecule has 116 valence electrons. The van der Waals surface area contributed by atoms with Crippen molar-refractivity contribution in [3.05, 3.63) is 29.8 Å². The summed E-state index contributed by atoms with van der Waals surface area (Å²) in [4.78, 5) is 13.6. The molecule has 0 heterocycles. The molecule has 1 saturated carbocycles. The standard InChI is InChI=1S/C17H25NO3/c1-2-18(14-8-3-4-9-14)12-7-13-21-16-11-6-5-10-15(16)17(19)20/h5-6,10-11,14H,2-4,7-9,12-13H2,1H3,(H,19,20). The molecule has 1 fully saturated rings. The Morgan fingerprint density at radius 3 is 2.71 bits per heavy atom. The lowest BCUT2D eigenvalue weighted by atomic mass is 10.2. The summed E-state index contributed by atoms with van der Waals surface area (Å²) in [6.45, 7) is 4.87. The largest absolute Gasteiger partial charge is 0.493 e. The lowest BCUT2D eigenvalue weighted by molar-refractivity contribution is 0.0692. The van der Waals surface area contributed by atoms with Gasteiger partial charge in [0.1, 0.15) is 11.3 Å². The van der Waals surface area contributed by atoms with E-state index in [1.165, 1.54) is 25.7 Å². The van der Waals surface area contributed by atoms with Crippen LogP contribution in [-0.4, -0.2) is 41.7 Å². The summed E-state index contributed by atoms with van der Waals surface area (Å²) in [5, 5.41) is 9.10. The lowest BCUT2D eigenvalue weighted by Crippen LogP contribution is -2.34. The number of carbonyl (C=O) groups is 1. The molecular formula is C17H25NO3. The predicted octanol–water partition coefficient (Wildman–Crippen LogP) is 3.42. The van der Waals surface area contributed by atoms with E-state index >= 15 is 0 Å². The van der Waals surface area contributed by atoms with Crippen molar-refractivity contribution < 1.29 is 14.6 Å². The molecule has 0 amide bonds. The summed E-state index contributed by atoms with van der Waals surface area (Å²) in [6.07, 6.45) is 6.26. The Kier molecular flexibility index (Phi) is 6.05. The van der Waals surface area contributed by atoms with E-state index in [2.05, 4.69) is 11.8 Å². The first kappa shape index (κ1) is 15.8. The van der Waals surface area contributed by atoms with E-state index in [1.807, 2.05) is 0 Å². The number of ether oxygens (including phenoxy) is 1. The fraction of sp³-hybridized carbons (Fsp3) is 0.588. The van der Waals surface area contributed by atoms with Crippen molar-refractivity contribution in [3.63, 3.8) is 0 Å². The Bertz CT molecular complexity index is 455. The molecule has 21 heavy (non-hydrogen) atoms. The van der Waals surface area contributed by atoms with Gasteiger partial charge in [-0.25, -0.2) is 4.79 Å². The van der Waals surface area contributed by atoms with Gasteiger partial charge in [-0.2, -0.15) is 0 Å². The summed E-state index contributed by atoms with van der Waals surface area (Å²) in [5.41, 5.74) is 0.237. The van der Waals surface area contributed by atoms with Gasteiger partial charge in [-0.15, -0.1) is 0 Å². The van der Waals surface area contributed by atoms with Crippen LogP contribution < -0.4 is 4.74 Å². The van der Waals surface area contributed by atoms with Gasteiger partial charge in [0.2, 0.25) is 0 Å². The summed E-state index contributed by atoms with van der Waals surface area (Å²) >= 11 is 0. The van der Waals surface area contributed by atoms with Crippen molar-refractivity contribution in [2.45, 2.75) is 45.1 Å². The third-order valence-electron chi connectivity index (χ3n) is 4.21. The Morgan fingerprint density at radius 1 is 1.33 bits per heavy atom. The lowest BCUT2D eigenvalue weighted by Gasteiger charge is -2.27. The molecule has 2 rings (SSSR count). The first-order valence-corrected chi connectivity index (χ1v) is 7.91. The molecule has 1 aromatic rings. The Balaban J connectivity index is 1.77. The van der Waals surface area contributed by atoms with Gasteiger partial charge in [0.15, 0.2) is 0 Å². The fourth-order valence-corrected chi connectivity index (χ4v) is 3.09. The number of hydrogen-bond acceptors (Lipinski definition) is 3. The van der Waals surface area contributed by atoms with E-state index in [4.69, 9.17) is 9.84 Å². The number of carboxylic acids is 1. The maximum absolute atomic E-state index is 11.1. The van der Waals surface area contributed by atoms with Crippen LogP contribution in [0.4, 0.5) is 0 Å². The van der Waals surface area contributed by atoms with Crippen molar-refractivity contribution in [3.8, 4) is 5.75 Å². The molecule has 1 aliphatic rings. The molecule has 0 spiro atoms. The first-order valence-electron chi connectivity index (χ1n) is 7.91. The van der Waals surface area contributed by atoms with Gasteiger partial charge in [-0.1, -0.05) is 31.9 Å². The van der Waals surface area contributed by atoms with E-state index in [0.717, 1.165) is 25.6 Å². The average Bonchev–Trinajstić information content (AvgIpc) is 3.01. The van der Waals surface area contributed by atoms with Crippen molar-refractivity contribution in [1.82, 2.24) is 4.90 Å². The van der Waals surface area contributed by atoms with E-state index < -0.39 is 5.97 Å². The number of hydrogen-bond donors (Lipinski definition) is 1. The highest BCUT2D eigenvalue weighted by Crippen LogP contribution is 2.23. The molecule has 0 aromatic heterocycles. The second kappa shape index (κ2) is 8.03. The zero-order valence-electron chi connectivity index (χ0n) is 12.8. The van der Waals surface area contributed by atoms with Crippen LogP contribution in [0.1, 0.15) is 49.4 Å². The van der Waals surface area contributed by atoms with Crippen molar-refractivity contribution >= 4 is 5.97 Å². The van der Waals surface area contributed by atoms with Gasteiger partial charge in [0.25, 0.3) is 0 Å². The topological polar surface area (TPSA) is 49.8 Å². The summed E-state index contributed by atoms with van der Waals surface area (Å²) in [6, 6.07) is 7.56. The molecule has 1 aliphatic carbocycles. The van der Waals surface area contributed by atoms with E-state index in [9.17, 15) is 4.79 Å². The van der Waals surface area contributed by atoms with Crippen LogP contribution in [0.25, 0.3) is 0 Å². The molecule has 0 bridgehead atoms. The zero-order valence-corrected chi connectivity index (χ0v) is 12.8. The average molecular weight is 291 g/mol. The van der Waals surface area contributed by atoms with Crippen molar-refractivity contribution in [1.29, 1.82) is 0 Å². The number of nitrogens with zero attached hydrogens (tertiary/aromatic N) is 1. The summed E-state index contributed by atoms with van der Waals surface area (Å²) < 4.78 is 5.65. The molecule has 1 aromatic carbocycles. The summed E-state index contributed by atoms with van der Waals surface area (Å²) in [7, 11) is 0. The molecule has 0 radical (unpaired) electrons. The highest BCUT2D eigenvalue weighted by atomic mass is 16.5. The van der Waals surface area contributed by atoms with Gasteiger partial charge < -0.3 is 14.7 Å². The van der Waals surface area contributed by atoms with Crippen LogP contribution in [-0.2, 0) is 0 Å². The minimum Gasteiger partial charge on any atom is -0.493 e. The highest BCUT2D eigenvalue weighted by molar-refractivity contribution is 5.90. The van der Waals surface area contributed by atoms with Crippen LogP contribution in [0.15, 0.2) is 24.3 Å². The van der Waals surface area contributed by atoms with Crippen LogP contribution in [0.5, 0.6) is 5.75 Å². The van der Waals surface area contributed by atoms with Gasteiger partial charge in [-0.3, -0.25) is 0 Å². The van der Waals surface area contributed by atoms with Crippen LogP contribution in [0, 0.1) is 0 Å². The molecule has 0 aliphatic heterocycles. The smallest absolute Gasteiger partial charge is 0.339 e. The zero-order chi connectivity index (χ0) is 15.1. The Labute approximate surface area is 126 Å². The Morgan fingerprint density at radius 2 is 2.05 bits per heavy atom. The van der Waals surface area contributed by atoms with Crippen molar-refractivity contribution in [2.75, 3.05) is 19.7 Å². The quantitative estimate of drug-likeness (QED) is 0.746. The molecule has 4 heteroatoms. The third kappa shape index (κ3) is 4.46. The molecule has 0 saturated heterocycles. The van der Waals surface area contributed by atoms with E-state index in [0.29, 0.717) is 12.4 Å². The van der Waals surface area contributed by atoms with Gasteiger partial charge >= 0.3 is 5.97 Å². The third-order valence-corrected chi connectivity index (χ3v) is 4.21. The van der Waals surface area contributed by atoms with Crippen LogP contribution in [0.2, 0.25) is 0 Å². The maximum atomic E-state index is 11.1. The maximum Gasteiger partial charge on any atom is 0.339 e. The van der Waals surface area contributed by atoms with Gasteiger partial charge in [-0.05, 0) is 37.9 Å². The predicted molar refractivity (Wildman–Crippen MR) is 83.0 cm³/mol. The normalized spacial score (nSPS) is 15.5. The molecular weight excluding hydrogens is 266 g/mol. The van der Waals surface area contributed by atoms with Gasteiger partial charge in [0.05, 0.1) is 6.61 Å². The number of benzene rings is 1. The minimum absolute atomic E-state index is 0.237. The van der Waals surface area contributed by atoms with Crippen molar-refractivity contribution in [2.24, 2.45) is 0 Å².